The number of carbonyl (C=O) groups excluding carboxylic acids is 3. The Morgan fingerprint density at radius 1 is 0.349 bits per heavy atom. The second-order valence-corrected chi connectivity index (χ2v) is 16.5. The van der Waals surface area contributed by atoms with Crippen LogP contribution in [0.3, 0.4) is 0 Å². The Morgan fingerprint density at radius 2 is 0.714 bits per heavy atom. The molecule has 0 bridgehead atoms. The molecule has 356 valence electrons. The Balaban J connectivity index is 4.55. The van der Waals surface area contributed by atoms with Gasteiger partial charge < -0.3 is 14.2 Å². The molecule has 0 aromatic carbocycles. The number of ether oxygens (including phenoxy) is 3. The molecule has 0 rings (SSSR count). The molecular weight excluding hydrogens is 781 g/mol. The van der Waals surface area contributed by atoms with Crippen molar-refractivity contribution in [3.8, 4) is 0 Å². The largest absolute Gasteiger partial charge is 0.462 e. The van der Waals surface area contributed by atoms with Crippen molar-refractivity contribution in [2.75, 3.05) is 13.2 Å². The molecule has 0 saturated carbocycles. The van der Waals surface area contributed by atoms with Crippen LogP contribution in [0.4, 0.5) is 0 Å². The maximum absolute atomic E-state index is 12.7. The summed E-state index contributed by atoms with van der Waals surface area (Å²) in [4.78, 5) is 37.9. The van der Waals surface area contributed by atoms with Crippen molar-refractivity contribution in [3.05, 3.63) is 109 Å². The first-order valence-electron chi connectivity index (χ1n) is 25.5. The topological polar surface area (TPSA) is 78.9 Å². The van der Waals surface area contributed by atoms with E-state index >= 15 is 0 Å². The number of allylic oxidation sites excluding steroid dienone is 18. The molecule has 0 N–H and O–H groups in total. The zero-order valence-corrected chi connectivity index (χ0v) is 40.5. The average Bonchev–Trinajstić information content (AvgIpc) is 3.28. The molecule has 6 heteroatoms. The molecule has 0 saturated heterocycles. The van der Waals surface area contributed by atoms with Crippen LogP contribution in [0.5, 0.6) is 0 Å². The molecule has 0 amide bonds. The molecule has 1 unspecified atom stereocenters. The highest BCUT2D eigenvalue weighted by atomic mass is 16.6. The summed E-state index contributed by atoms with van der Waals surface area (Å²) >= 11 is 0. The van der Waals surface area contributed by atoms with E-state index in [9.17, 15) is 14.4 Å². The van der Waals surface area contributed by atoms with Crippen LogP contribution in [0.2, 0.25) is 0 Å². The summed E-state index contributed by atoms with van der Waals surface area (Å²) < 4.78 is 16.7. The first-order chi connectivity index (χ1) is 31.0. The van der Waals surface area contributed by atoms with Crippen molar-refractivity contribution in [1.29, 1.82) is 0 Å². The van der Waals surface area contributed by atoms with Gasteiger partial charge in [0.1, 0.15) is 13.2 Å². The van der Waals surface area contributed by atoms with Gasteiger partial charge in [-0.15, -0.1) is 0 Å². The van der Waals surface area contributed by atoms with Gasteiger partial charge in [0, 0.05) is 19.3 Å². The van der Waals surface area contributed by atoms with Crippen molar-refractivity contribution in [2.24, 2.45) is 0 Å². The predicted molar refractivity (Wildman–Crippen MR) is 270 cm³/mol. The molecular formula is C57H92O6. The predicted octanol–water partition coefficient (Wildman–Crippen LogP) is 16.8. The lowest BCUT2D eigenvalue weighted by molar-refractivity contribution is -0.166. The maximum atomic E-state index is 12.7. The molecule has 0 aromatic heterocycles. The molecule has 0 aromatic rings. The monoisotopic (exact) mass is 873 g/mol. The lowest BCUT2D eigenvalue weighted by Crippen LogP contribution is -2.30. The number of rotatable bonds is 44. The average molecular weight is 873 g/mol. The van der Waals surface area contributed by atoms with Crippen molar-refractivity contribution in [1.82, 2.24) is 0 Å². The molecule has 0 aliphatic rings. The summed E-state index contributed by atoms with van der Waals surface area (Å²) in [6, 6.07) is 0. The molecule has 1 atom stereocenters. The van der Waals surface area contributed by atoms with Gasteiger partial charge >= 0.3 is 17.9 Å². The smallest absolute Gasteiger partial charge is 0.306 e. The lowest BCUT2D eigenvalue weighted by atomic mass is 10.0. The van der Waals surface area contributed by atoms with Gasteiger partial charge in [-0.2, -0.15) is 0 Å². The summed E-state index contributed by atoms with van der Waals surface area (Å²) in [5, 5.41) is 0. The van der Waals surface area contributed by atoms with Gasteiger partial charge in [0.05, 0.1) is 0 Å². The third-order valence-corrected chi connectivity index (χ3v) is 10.5. The SMILES string of the molecule is CC/C=C/C=C/C=C/C=C/C=C/C=C/C=C/CCCCCC(=O)OCC(COC(=O)CCCCCCCCCCCCCCC)OC(=O)CC/C=C/C/C=C/CCCCCCCC. The van der Waals surface area contributed by atoms with Crippen LogP contribution in [0.25, 0.3) is 0 Å². The summed E-state index contributed by atoms with van der Waals surface area (Å²) in [6.45, 7) is 6.38. The van der Waals surface area contributed by atoms with Gasteiger partial charge in [-0.3, -0.25) is 14.4 Å². The van der Waals surface area contributed by atoms with Gasteiger partial charge in [-0.1, -0.05) is 246 Å². The standard InChI is InChI=1S/C57H92O6/c1-4-7-10-13-16-19-22-25-26-27-28-29-30-33-35-38-41-44-47-50-56(59)62-53-54(63-57(60)51-48-45-42-39-36-32-24-21-18-15-12-9-6-3)52-61-55(58)49-46-43-40-37-34-31-23-20-17-14-11-8-5-2/h7,10,13,16,19,22,25-30,32-33,35-36,42,45,54H,4-6,8-9,11-12,14-15,17-18,20-21,23-24,31,34,37-41,43-44,46-53H2,1-3H3/b10-7+,16-13+,22-19+,26-25+,28-27+,30-29+,35-33+,36-32+,45-42+. The van der Waals surface area contributed by atoms with E-state index in [4.69, 9.17) is 14.2 Å². The summed E-state index contributed by atoms with van der Waals surface area (Å²) in [5.41, 5.74) is 0. The zero-order valence-electron chi connectivity index (χ0n) is 40.5. The highest BCUT2D eigenvalue weighted by molar-refractivity contribution is 5.71. The summed E-state index contributed by atoms with van der Waals surface area (Å²) in [5.74, 6) is -1.04. The van der Waals surface area contributed by atoms with E-state index in [0.29, 0.717) is 19.3 Å². The first-order valence-corrected chi connectivity index (χ1v) is 25.5. The van der Waals surface area contributed by atoms with Crippen LogP contribution in [0.1, 0.15) is 213 Å². The molecule has 0 aliphatic heterocycles. The van der Waals surface area contributed by atoms with Gasteiger partial charge in [-0.05, 0) is 57.8 Å². The Labute approximate surface area is 387 Å². The van der Waals surface area contributed by atoms with Gasteiger partial charge in [0.25, 0.3) is 0 Å². The molecule has 63 heavy (non-hydrogen) atoms. The minimum absolute atomic E-state index is 0.116. The van der Waals surface area contributed by atoms with Crippen LogP contribution in [-0.4, -0.2) is 37.2 Å². The van der Waals surface area contributed by atoms with E-state index in [-0.39, 0.29) is 31.6 Å². The molecule has 0 radical (unpaired) electrons. The van der Waals surface area contributed by atoms with Gasteiger partial charge in [-0.25, -0.2) is 0 Å². The van der Waals surface area contributed by atoms with Crippen molar-refractivity contribution in [2.45, 2.75) is 219 Å². The number of hydrogen-bond donors (Lipinski definition) is 0. The van der Waals surface area contributed by atoms with Crippen LogP contribution >= 0.6 is 0 Å². The van der Waals surface area contributed by atoms with Crippen molar-refractivity contribution >= 4 is 17.9 Å². The minimum Gasteiger partial charge on any atom is -0.462 e. The third kappa shape index (κ3) is 49.0. The normalized spacial score (nSPS) is 13.0. The highest BCUT2D eigenvalue weighted by Crippen LogP contribution is 2.14. The molecule has 6 nitrogen and oxygen atoms in total. The van der Waals surface area contributed by atoms with E-state index in [1.54, 1.807) is 0 Å². The van der Waals surface area contributed by atoms with E-state index in [2.05, 4.69) is 51.2 Å². The fourth-order valence-electron chi connectivity index (χ4n) is 6.65. The van der Waals surface area contributed by atoms with Crippen LogP contribution in [0, 0.1) is 0 Å². The van der Waals surface area contributed by atoms with Crippen LogP contribution in [-0.2, 0) is 28.6 Å². The lowest BCUT2D eigenvalue weighted by Gasteiger charge is -2.18. The fourth-order valence-corrected chi connectivity index (χ4v) is 6.65. The number of hydrogen-bond acceptors (Lipinski definition) is 6. The third-order valence-electron chi connectivity index (χ3n) is 10.5. The maximum Gasteiger partial charge on any atom is 0.306 e. The quantitative estimate of drug-likeness (QED) is 0.0199. The first kappa shape index (κ1) is 59.1. The summed E-state index contributed by atoms with van der Waals surface area (Å²) in [7, 11) is 0. The highest BCUT2D eigenvalue weighted by Gasteiger charge is 2.19. The van der Waals surface area contributed by atoms with Crippen molar-refractivity contribution in [3.63, 3.8) is 0 Å². The van der Waals surface area contributed by atoms with Crippen molar-refractivity contribution < 1.29 is 28.6 Å². The second kappa shape index (κ2) is 50.7. The second-order valence-electron chi connectivity index (χ2n) is 16.5. The number of unbranched alkanes of at least 4 members (excludes halogenated alkanes) is 21. The number of carbonyl (C=O) groups is 3. The number of esters is 3. The fraction of sp³-hybridized carbons (Fsp3) is 0.632. The van der Waals surface area contributed by atoms with Crippen LogP contribution < -0.4 is 0 Å². The van der Waals surface area contributed by atoms with Gasteiger partial charge in [0.2, 0.25) is 0 Å². The molecule has 0 fully saturated rings. The van der Waals surface area contributed by atoms with E-state index in [0.717, 1.165) is 64.2 Å². The van der Waals surface area contributed by atoms with E-state index < -0.39 is 12.1 Å². The van der Waals surface area contributed by atoms with E-state index in [1.807, 2.05) is 79.0 Å². The molecule has 0 spiro atoms. The zero-order chi connectivity index (χ0) is 45.8. The molecule has 0 aliphatic carbocycles. The van der Waals surface area contributed by atoms with E-state index in [1.165, 1.54) is 103 Å². The Bertz CT molecular complexity index is 1330. The Morgan fingerprint density at radius 3 is 1.17 bits per heavy atom. The van der Waals surface area contributed by atoms with Gasteiger partial charge in [0.15, 0.2) is 6.10 Å². The Hall–Kier alpha value is -3.93. The van der Waals surface area contributed by atoms with Crippen LogP contribution in [0.15, 0.2) is 109 Å². The minimum atomic E-state index is -0.827. The Kier molecular flexibility index (Phi) is 47.5. The molecule has 0 heterocycles. The summed E-state index contributed by atoms with van der Waals surface area (Å²) in [6.07, 6.45) is 67.9.